The Balaban J connectivity index is 1.98. The van der Waals surface area contributed by atoms with Gasteiger partial charge in [0.25, 0.3) is 5.91 Å². The number of aryl methyl sites for hydroxylation is 1. The number of hydrogen-bond donors (Lipinski definition) is 2. The average molecular weight is 275 g/mol. The van der Waals surface area contributed by atoms with E-state index >= 15 is 0 Å². The Hall–Kier alpha value is -2.27. The fourth-order valence-electron chi connectivity index (χ4n) is 1.88. The number of hydrogen-bond acceptors (Lipinski definition) is 4. The number of carbonyl (C=O) groups is 1. The third-order valence-corrected chi connectivity index (χ3v) is 3.01. The number of carbonyl (C=O) groups excluding carboxylic acids is 1. The molecule has 0 saturated carbocycles. The third-order valence-electron chi connectivity index (χ3n) is 3.01. The minimum absolute atomic E-state index is 0.0951. The Labute approximate surface area is 117 Å². The molecule has 0 fully saturated rings. The smallest absolute Gasteiger partial charge is 0.251 e. The van der Waals surface area contributed by atoms with Crippen LogP contribution < -0.4 is 10.1 Å². The fraction of sp³-hybridized carbons (Fsp3) is 0.267. The van der Waals surface area contributed by atoms with Crippen molar-refractivity contribution in [1.29, 1.82) is 0 Å². The van der Waals surface area contributed by atoms with Crippen molar-refractivity contribution < 1.29 is 19.1 Å². The van der Waals surface area contributed by atoms with Gasteiger partial charge in [0.1, 0.15) is 17.6 Å². The first-order chi connectivity index (χ1) is 9.61. The Morgan fingerprint density at radius 3 is 2.85 bits per heavy atom. The zero-order valence-electron chi connectivity index (χ0n) is 11.4. The maximum atomic E-state index is 12.0. The minimum atomic E-state index is -0.854. The molecule has 0 unspecified atom stereocenters. The summed E-state index contributed by atoms with van der Waals surface area (Å²) in [7, 11) is 1.58. The average Bonchev–Trinajstić information content (AvgIpc) is 2.98. The van der Waals surface area contributed by atoms with Gasteiger partial charge in [0.05, 0.1) is 19.9 Å². The lowest BCUT2D eigenvalue weighted by Gasteiger charge is -2.11. The molecule has 0 spiro atoms. The monoisotopic (exact) mass is 275 g/mol. The number of aliphatic hydroxyl groups is 1. The first kappa shape index (κ1) is 14.1. The molecule has 0 saturated heterocycles. The number of benzene rings is 1. The molecule has 106 valence electrons. The van der Waals surface area contributed by atoms with Gasteiger partial charge < -0.3 is 19.6 Å². The molecule has 0 aliphatic rings. The topological polar surface area (TPSA) is 71.7 Å². The molecule has 1 aromatic heterocycles. The largest absolute Gasteiger partial charge is 0.497 e. The van der Waals surface area contributed by atoms with Crippen molar-refractivity contribution in [2.24, 2.45) is 0 Å². The summed E-state index contributed by atoms with van der Waals surface area (Å²) in [5.74, 6) is 0.891. The molecular weight excluding hydrogens is 258 g/mol. The molecular formula is C15H17NO4. The maximum absolute atomic E-state index is 12.0. The van der Waals surface area contributed by atoms with Gasteiger partial charge in [-0.25, -0.2) is 0 Å². The van der Waals surface area contributed by atoms with Crippen LogP contribution in [0.5, 0.6) is 5.75 Å². The SMILES string of the molecule is COc1ccc(C(=O)NC[C@H](O)c2ccco2)c(C)c1. The third kappa shape index (κ3) is 3.19. The molecule has 0 radical (unpaired) electrons. The van der Waals surface area contributed by atoms with Crippen molar-refractivity contribution >= 4 is 5.91 Å². The number of nitrogens with one attached hydrogen (secondary N) is 1. The highest BCUT2D eigenvalue weighted by atomic mass is 16.5. The van der Waals surface area contributed by atoms with Crippen LogP contribution in [-0.2, 0) is 0 Å². The van der Waals surface area contributed by atoms with E-state index in [0.29, 0.717) is 17.1 Å². The summed E-state index contributed by atoms with van der Waals surface area (Å²) in [6, 6.07) is 8.56. The molecule has 1 amide bonds. The molecule has 1 heterocycles. The number of rotatable bonds is 5. The molecule has 5 heteroatoms. The van der Waals surface area contributed by atoms with E-state index in [1.807, 2.05) is 6.92 Å². The van der Waals surface area contributed by atoms with Crippen LogP contribution in [0.25, 0.3) is 0 Å². The van der Waals surface area contributed by atoms with E-state index < -0.39 is 6.10 Å². The number of ether oxygens (including phenoxy) is 1. The molecule has 1 atom stereocenters. The van der Waals surface area contributed by atoms with Crippen LogP contribution in [0.3, 0.4) is 0 Å². The highest BCUT2D eigenvalue weighted by Gasteiger charge is 2.14. The van der Waals surface area contributed by atoms with Crippen LogP contribution in [0.4, 0.5) is 0 Å². The Morgan fingerprint density at radius 2 is 2.25 bits per heavy atom. The number of methoxy groups -OCH3 is 1. The molecule has 0 aliphatic heterocycles. The lowest BCUT2D eigenvalue weighted by atomic mass is 10.1. The van der Waals surface area contributed by atoms with Crippen LogP contribution in [-0.4, -0.2) is 24.7 Å². The molecule has 2 aromatic rings. The van der Waals surface area contributed by atoms with Crippen molar-refractivity contribution in [3.05, 3.63) is 53.5 Å². The Bertz CT molecular complexity index is 578. The zero-order chi connectivity index (χ0) is 14.5. The Kier molecular flexibility index (Phi) is 4.42. The lowest BCUT2D eigenvalue weighted by molar-refractivity contribution is 0.0900. The van der Waals surface area contributed by atoms with Gasteiger partial charge in [-0.3, -0.25) is 4.79 Å². The summed E-state index contributed by atoms with van der Waals surface area (Å²) in [4.78, 5) is 12.0. The molecule has 0 bridgehead atoms. The van der Waals surface area contributed by atoms with Crippen molar-refractivity contribution in [2.45, 2.75) is 13.0 Å². The summed E-state index contributed by atoms with van der Waals surface area (Å²) in [5.41, 5.74) is 1.37. The number of furan rings is 1. The highest BCUT2D eigenvalue weighted by molar-refractivity contribution is 5.95. The predicted molar refractivity (Wildman–Crippen MR) is 73.7 cm³/mol. The second kappa shape index (κ2) is 6.25. The van der Waals surface area contributed by atoms with Gasteiger partial charge in [0.15, 0.2) is 0 Å². The summed E-state index contributed by atoms with van der Waals surface area (Å²) < 4.78 is 10.2. The van der Waals surface area contributed by atoms with Crippen LogP contribution in [0, 0.1) is 6.92 Å². The van der Waals surface area contributed by atoms with E-state index in [4.69, 9.17) is 9.15 Å². The number of amides is 1. The van der Waals surface area contributed by atoms with Crippen molar-refractivity contribution in [3.63, 3.8) is 0 Å². The van der Waals surface area contributed by atoms with Crippen molar-refractivity contribution in [3.8, 4) is 5.75 Å². The summed E-state index contributed by atoms with van der Waals surface area (Å²) in [5, 5.41) is 12.5. The molecule has 5 nitrogen and oxygen atoms in total. The second-order valence-corrected chi connectivity index (χ2v) is 4.42. The molecule has 0 aliphatic carbocycles. The van der Waals surface area contributed by atoms with Gasteiger partial charge in [-0.1, -0.05) is 0 Å². The van der Waals surface area contributed by atoms with Crippen LogP contribution in [0.1, 0.15) is 27.8 Å². The van der Waals surface area contributed by atoms with Gasteiger partial charge in [-0.05, 0) is 42.8 Å². The van der Waals surface area contributed by atoms with Gasteiger partial charge in [0, 0.05) is 5.56 Å². The van der Waals surface area contributed by atoms with Crippen LogP contribution in [0.2, 0.25) is 0 Å². The van der Waals surface area contributed by atoms with Crippen LogP contribution in [0.15, 0.2) is 41.0 Å². The van der Waals surface area contributed by atoms with Gasteiger partial charge in [-0.15, -0.1) is 0 Å². The van der Waals surface area contributed by atoms with E-state index in [1.165, 1.54) is 6.26 Å². The van der Waals surface area contributed by atoms with Crippen molar-refractivity contribution in [1.82, 2.24) is 5.32 Å². The first-order valence-electron chi connectivity index (χ1n) is 6.26. The fourth-order valence-corrected chi connectivity index (χ4v) is 1.88. The summed E-state index contributed by atoms with van der Waals surface area (Å²) in [6.07, 6.45) is 0.626. The standard InChI is InChI=1S/C15H17NO4/c1-10-8-11(19-2)5-6-12(10)15(18)16-9-13(17)14-4-3-7-20-14/h3-8,13,17H,9H2,1-2H3,(H,16,18)/t13-/m0/s1. The van der Waals surface area contributed by atoms with Crippen LogP contribution >= 0.6 is 0 Å². The number of aliphatic hydroxyl groups excluding tert-OH is 1. The minimum Gasteiger partial charge on any atom is -0.497 e. The summed E-state index contributed by atoms with van der Waals surface area (Å²) >= 11 is 0. The van der Waals surface area contributed by atoms with E-state index in [1.54, 1.807) is 37.4 Å². The van der Waals surface area contributed by atoms with Gasteiger partial charge >= 0.3 is 0 Å². The maximum Gasteiger partial charge on any atom is 0.251 e. The molecule has 1 aromatic carbocycles. The molecule has 2 rings (SSSR count). The normalized spacial score (nSPS) is 11.9. The molecule has 2 N–H and O–H groups in total. The van der Waals surface area contributed by atoms with E-state index in [0.717, 1.165) is 5.56 Å². The Morgan fingerprint density at radius 1 is 1.45 bits per heavy atom. The quantitative estimate of drug-likeness (QED) is 0.876. The summed E-state index contributed by atoms with van der Waals surface area (Å²) in [6.45, 7) is 1.93. The molecule has 20 heavy (non-hydrogen) atoms. The van der Waals surface area contributed by atoms with E-state index in [-0.39, 0.29) is 12.5 Å². The highest BCUT2D eigenvalue weighted by Crippen LogP contribution is 2.17. The first-order valence-corrected chi connectivity index (χ1v) is 6.26. The zero-order valence-corrected chi connectivity index (χ0v) is 11.4. The predicted octanol–water partition coefficient (Wildman–Crippen LogP) is 2.06. The van der Waals surface area contributed by atoms with Crippen molar-refractivity contribution in [2.75, 3.05) is 13.7 Å². The van der Waals surface area contributed by atoms with Gasteiger partial charge in [-0.2, -0.15) is 0 Å². The van der Waals surface area contributed by atoms with E-state index in [9.17, 15) is 9.90 Å². The van der Waals surface area contributed by atoms with Gasteiger partial charge in [0.2, 0.25) is 0 Å². The second-order valence-electron chi connectivity index (χ2n) is 4.42. The lowest BCUT2D eigenvalue weighted by Crippen LogP contribution is -2.28. The van der Waals surface area contributed by atoms with E-state index in [2.05, 4.69) is 5.32 Å².